The maximum Gasteiger partial charge on any atom is 0.0319 e. The van der Waals surface area contributed by atoms with Crippen LogP contribution in [0.25, 0.3) is 0 Å². The molecule has 1 N–H and O–H groups in total. The van der Waals surface area contributed by atoms with Crippen molar-refractivity contribution in [2.75, 3.05) is 7.11 Å². The molecule has 0 bridgehead atoms. The third-order valence-corrected chi connectivity index (χ3v) is 2.73. The normalized spacial score (nSPS) is 9.17. The van der Waals surface area contributed by atoms with E-state index in [9.17, 15) is 0 Å². The summed E-state index contributed by atoms with van der Waals surface area (Å²) in [5.74, 6) is 0. The van der Waals surface area contributed by atoms with Crippen molar-refractivity contribution in [2.24, 2.45) is 0 Å². The fourth-order valence-corrected chi connectivity index (χ4v) is 2.10. The Hall–Kier alpha value is -0.471. The molecule has 3 heteroatoms. The second-order valence-corrected chi connectivity index (χ2v) is 6.20. The van der Waals surface area contributed by atoms with E-state index in [2.05, 4.69) is 45.0 Å². The topological polar surface area (TPSA) is 20.2 Å². The molecule has 0 aliphatic heterocycles. The Balaban J connectivity index is 0. The zero-order valence-electron chi connectivity index (χ0n) is 11.4. The minimum Gasteiger partial charge on any atom is -0.748 e. The fourth-order valence-electron chi connectivity index (χ4n) is 1.10. The molecule has 0 unspecified atom stereocenters. The summed E-state index contributed by atoms with van der Waals surface area (Å²) in [6.07, 6.45) is 0. The molecule has 0 heterocycles. The van der Waals surface area contributed by atoms with Gasteiger partial charge >= 0.3 is 0 Å². The summed E-state index contributed by atoms with van der Waals surface area (Å²) >= 11 is 1.91. The molecule has 0 saturated heterocycles. The summed E-state index contributed by atoms with van der Waals surface area (Å²) in [4.78, 5) is 1.37. The van der Waals surface area contributed by atoms with Crippen molar-refractivity contribution in [3.05, 3.63) is 54.6 Å². The molecular formula is C15H22FeOS-6. The molecule has 18 heavy (non-hydrogen) atoms. The summed E-state index contributed by atoms with van der Waals surface area (Å²) in [6.45, 7) is 6.68. The zero-order valence-corrected chi connectivity index (χ0v) is 13.3. The molecule has 0 aliphatic carbocycles. The van der Waals surface area contributed by atoms with Crippen LogP contribution in [0.2, 0.25) is 0 Å². The molecule has 2 aromatic rings. The first-order valence-corrected chi connectivity index (χ1v) is 6.42. The van der Waals surface area contributed by atoms with Gasteiger partial charge in [-0.25, -0.2) is 12.1 Å². The van der Waals surface area contributed by atoms with Crippen LogP contribution in [-0.4, -0.2) is 17.0 Å². The largest absolute Gasteiger partial charge is 0.748 e. The van der Waals surface area contributed by atoms with E-state index in [1.54, 1.807) is 0 Å². The number of thioether (sulfide) groups is 1. The van der Waals surface area contributed by atoms with Gasteiger partial charge in [0.05, 0.1) is 0 Å². The van der Waals surface area contributed by atoms with Gasteiger partial charge in [-0.1, -0.05) is 20.8 Å². The van der Waals surface area contributed by atoms with Gasteiger partial charge in [-0.15, -0.1) is 4.90 Å². The molecule has 0 atom stereocenters. The molecule has 2 rings (SSSR count). The van der Waals surface area contributed by atoms with E-state index in [1.165, 1.54) is 4.90 Å². The van der Waals surface area contributed by atoms with E-state index in [4.69, 9.17) is 5.11 Å². The maximum atomic E-state index is 7.00. The van der Waals surface area contributed by atoms with Gasteiger partial charge in [0.1, 0.15) is 0 Å². The predicted molar refractivity (Wildman–Crippen MR) is 77.8 cm³/mol. The monoisotopic (exact) mass is 306 g/mol. The third kappa shape index (κ3) is 12.0. The van der Waals surface area contributed by atoms with Crippen molar-refractivity contribution in [2.45, 2.75) is 30.4 Å². The summed E-state index contributed by atoms with van der Waals surface area (Å²) in [6, 6.07) is 18.5. The molecule has 0 fully saturated rings. The first-order valence-electron chi connectivity index (χ1n) is 5.60. The van der Waals surface area contributed by atoms with Crippen LogP contribution >= 0.6 is 11.8 Å². The Labute approximate surface area is 126 Å². The van der Waals surface area contributed by atoms with Crippen molar-refractivity contribution in [3.8, 4) is 0 Å². The van der Waals surface area contributed by atoms with Gasteiger partial charge in [-0.2, -0.15) is 23.9 Å². The molecule has 0 spiro atoms. The first-order chi connectivity index (χ1) is 8.08. The Morgan fingerprint density at radius 3 is 1.50 bits per heavy atom. The quantitative estimate of drug-likeness (QED) is 0.481. The number of rotatable bonds is 1. The van der Waals surface area contributed by atoms with Gasteiger partial charge < -0.3 is 35.4 Å². The van der Waals surface area contributed by atoms with E-state index in [0.717, 1.165) is 7.11 Å². The first kappa shape index (κ1) is 19.9. The second kappa shape index (κ2) is 11.6. The number of hydrogen-bond acceptors (Lipinski definition) is 2. The van der Waals surface area contributed by atoms with Crippen LogP contribution in [0, 0.1) is 0 Å². The van der Waals surface area contributed by atoms with Crippen molar-refractivity contribution >= 4 is 11.8 Å². The maximum absolute atomic E-state index is 7.00. The molecule has 0 aliphatic rings. The van der Waals surface area contributed by atoms with Crippen LogP contribution in [-0.2, 0) is 17.1 Å². The number of aliphatic hydroxyl groups is 1. The Morgan fingerprint density at radius 1 is 0.889 bits per heavy atom. The molecule has 1 nitrogen and oxygen atoms in total. The zero-order chi connectivity index (χ0) is 13.1. The summed E-state index contributed by atoms with van der Waals surface area (Å²) in [7, 11) is 1.00. The standard InChI is InChI=1S/C9H13S.C5H5.CH4O.Fe/c1-9(2,3)10-8-6-4-5-7-8;1-2-4-5-3-1;1-2;/h4-7H,1-3H3;1-5H;2H,1H3;/q-1;-5;;. The van der Waals surface area contributed by atoms with Crippen molar-refractivity contribution < 1.29 is 22.2 Å². The van der Waals surface area contributed by atoms with E-state index in [-0.39, 0.29) is 17.1 Å². The van der Waals surface area contributed by atoms with Gasteiger partial charge in [0.15, 0.2) is 0 Å². The van der Waals surface area contributed by atoms with Crippen molar-refractivity contribution in [1.29, 1.82) is 0 Å². The summed E-state index contributed by atoms with van der Waals surface area (Å²) in [5, 5.41) is 7.00. The molecular weight excluding hydrogens is 284 g/mol. The van der Waals surface area contributed by atoms with E-state index in [1.807, 2.05) is 42.1 Å². The van der Waals surface area contributed by atoms with Gasteiger partial charge in [-0.3, -0.25) is 0 Å². The van der Waals surface area contributed by atoms with E-state index < -0.39 is 0 Å². The Morgan fingerprint density at radius 2 is 1.22 bits per heavy atom. The van der Waals surface area contributed by atoms with E-state index in [0.29, 0.717) is 4.75 Å². The number of hydrogen-bond donors (Lipinski definition) is 1. The molecule has 2 aromatic carbocycles. The van der Waals surface area contributed by atoms with Crippen LogP contribution in [0.5, 0.6) is 0 Å². The molecule has 0 radical (unpaired) electrons. The third-order valence-electron chi connectivity index (χ3n) is 1.61. The predicted octanol–water partition coefficient (Wildman–Crippen LogP) is 4.31. The van der Waals surface area contributed by atoms with Gasteiger partial charge in [0.25, 0.3) is 0 Å². The van der Waals surface area contributed by atoms with E-state index >= 15 is 0 Å². The molecule has 108 valence electrons. The van der Waals surface area contributed by atoms with Crippen LogP contribution in [0.4, 0.5) is 0 Å². The summed E-state index contributed by atoms with van der Waals surface area (Å²) < 4.78 is 0.342. The minimum atomic E-state index is 0. The van der Waals surface area contributed by atoms with Gasteiger partial charge in [0, 0.05) is 28.9 Å². The second-order valence-electron chi connectivity index (χ2n) is 4.30. The van der Waals surface area contributed by atoms with Gasteiger partial charge in [0.2, 0.25) is 0 Å². The summed E-state index contributed by atoms with van der Waals surface area (Å²) in [5.41, 5.74) is 0. The number of aliphatic hydroxyl groups excluding tert-OH is 1. The Kier molecular flexibility index (Phi) is 12.8. The van der Waals surface area contributed by atoms with Crippen LogP contribution < -0.4 is 0 Å². The van der Waals surface area contributed by atoms with Crippen molar-refractivity contribution in [1.82, 2.24) is 0 Å². The van der Waals surface area contributed by atoms with Crippen LogP contribution in [0.15, 0.2) is 59.5 Å². The Bertz CT molecular complexity index is 316. The molecule has 0 saturated carbocycles. The SMILES string of the molecule is CC(C)(C)S[c-]1cccc1.CO.[Fe].[cH-]1[cH-][cH-][cH-][cH-]1. The van der Waals surface area contributed by atoms with Gasteiger partial charge in [-0.05, 0) is 0 Å². The van der Waals surface area contributed by atoms with Crippen molar-refractivity contribution in [3.63, 3.8) is 0 Å². The molecule has 0 aromatic heterocycles. The average Bonchev–Trinajstić information content (AvgIpc) is 2.91. The average molecular weight is 306 g/mol. The fraction of sp³-hybridized carbons (Fsp3) is 0.333. The minimum absolute atomic E-state index is 0. The smallest absolute Gasteiger partial charge is 0.0319 e. The van der Waals surface area contributed by atoms with Crippen LogP contribution in [0.1, 0.15) is 20.8 Å². The molecule has 0 amide bonds. The van der Waals surface area contributed by atoms with Crippen LogP contribution in [0.3, 0.4) is 0 Å².